The molecule has 3 heterocycles. The number of halogens is 5. The minimum atomic E-state index is -4.18. The summed E-state index contributed by atoms with van der Waals surface area (Å²) in [5.41, 5.74) is 4.11. The average Bonchev–Trinajstić information content (AvgIpc) is 3.36. The number of carbonyl (C=O) groups is 1. The number of benzene rings is 2. The van der Waals surface area contributed by atoms with E-state index < -0.39 is 21.7 Å². The van der Waals surface area contributed by atoms with Gasteiger partial charge in [-0.1, -0.05) is 52.5 Å². The maximum absolute atomic E-state index is 14.8. The van der Waals surface area contributed by atoms with Crippen LogP contribution in [0.3, 0.4) is 0 Å². The lowest BCUT2D eigenvalue weighted by molar-refractivity contribution is -0.114. The fourth-order valence-corrected chi connectivity index (χ4v) is 8.66. The van der Waals surface area contributed by atoms with E-state index in [-0.39, 0.29) is 13.6 Å². The van der Waals surface area contributed by atoms with Crippen molar-refractivity contribution >= 4 is 102 Å². The van der Waals surface area contributed by atoms with Gasteiger partial charge < -0.3 is 4.57 Å². The average molecular weight is 650 g/mol. The van der Waals surface area contributed by atoms with Crippen molar-refractivity contribution in [2.75, 3.05) is 5.75 Å². The number of hydrogen-bond acceptors (Lipinski definition) is 5. The first-order valence-electron chi connectivity index (χ1n) is 11.1. The molecular formula is C25H17Cl4FN2O3S3. The smallest absolute Gasteiger partial charge is 0.273 e. The van der Waals surface area contributed by atoms with E-state index in [1.54, 1.807) is 23.9 Å². The Morgan fingerprint density at radius 2 is 1.89 bits per heavy atom. The highest BCUT2D eigenvalue weighted by molar-refractivity contribution is 7.98. The predicted octanol–water partition coefficient (Wildman–Crippen LogP) is 7.81. The summed E-state index contributed by atoms with van der Waals surface area (Å²) in [5, 5.41) is 1.85. The van der Waals surface area contributed by atoms with E-state index in [4.69, 9.17) is 46.4 Å². The molecule has 0 saturated carbocycles. The predicted molar refractivity (Wildman–Crippen MR) is 156 cm³/mol. The van der Waals surface area contributed by atoms with Crippen LogP contribution in [0.25, 0.3) is 17.0 Å². The van der Waals surface area contributed by atoms with Crippen molar-refractivity contribution < 1.29 is 17.6 Å². The topological polar surface area (TPSA) is 68.2 Å². The molecule has 0 spiro atoms. The summed E-state index contributed by atoms with van der Waals surface area (Å²) in [6.07, 6.45) is 3.25. The number of nitrogens with zero attached hydrogens (tertiary/aromatic N) is 1. The Bertz CT molecular complexity index is 1710. The van der Waals surface area contributed by atoms with Gasteiger partial charge >= 0.3 is 0 Å². The van der Waals surface area contributed by atoms with Gasteiger partial charge in [0.05, 0.1) is 10.5 Å². The van der Waals surface area contributed by atoms with E-state index in [0.29, 0.717) is 22.2 Å². The number of sulfonamides is 1. The molecule has 0 aliphatic carbocycles. The third-order valence-electron chi connectivity index (χ3n) is 5.98. The molecule has 0 atom stereocenters. The van der Waals surface area contributed by atoms with Crippen LogP contribution in [0, 0.1) is 5.82 Å². The molecule has 0 saturated heterocycles. The van der Waals surface area contributed by atoms with Gasteiger partial charge in [0, 0.05) is 45.1 Å². The summed E-state index contributed by atoms with van der Waals surface area (Å²) in [7, 11) is -4.18. The Morgan fingerprint density at radius 1 is 1.11 bits per heavy atom. The molecule has 1 aliphatic heterocycles. The molecule has 1 amide bonds. The van der Waals surface area contributed by atoms with Crippen LogP contribution in [-0.4, -0.2) is 24.6 Å². The number of carbonyl (C=O) groups excluding carboxylic acids is 1. The maximum Gasteiger partial charge on any atom is 0.273 e. The maximum atomic E-state index is 14.8. The second-order valence-corrected chi connectivity index (χ2v) is 14.4. The Labute approximate surface area is 246 Å². The number of thioether (sulfide) groups is 1. The van der Waals surface area contributed by atoms with E-state index >= 15 is 0 Å². The molecule has 38 heavy (non-hydrogen) atoms. The van der Waals surface area contributed by atoms with Gasteiger partial charge in [0.15, 0.2) is 0 Å². The van der Waals surface area contributed by atoms with E-state index in [0.717, 1.165) is 63.1 Å². The Kier molecular flexibility index (Phi) is 8.09. The number of aromatic nitrogens is 1. The number of rotatable bonds is 6. The van der Waals surface area contributed by atoms with Crippen molar-refractivity contribution in [2.45, 2.75) is 22.9 Å². The Hall–Kier alpha value is -1.72. The highest BCUT2D eigenvalue weighted by Gasteiger charge is 2.24. The molecule has 4 aromatic rings. The number of fused-ring (bicyclic) bond motifs is 3. The van der Waals surface area contributed by atoms with Crippen molar-refractivity contribution in [1.29, 1.82) is 0 Å². The highest BCUT2D eigenvalue weighted by Crippen LogP contribution is 2.38. The Balaban J connectivity index is 1.55. The van der Waals surface area contributed by atoms with Crippen molar-refractivity contribution in [1.82, 2.24) is 9.29 Å². The van der Waals surface area contributed by atoms with Gasteiger partial charge in [0.25, 0.3) is 15.9 Å². The van der Waals surface area contributed by atoms with Gasteiger partial charge in [-0.15, -0.1) is 11.3 Å². The van der Waals surface area contributed by atoms with Crippen LogP contribution in [0.5, 0.6) is 0 Å². The number of amides is 1. The first kappa shape index (κ1) is 27.8. The molecule has 13 heteroatoms. The molecule has 198 valence electrons. The summed E-state index contributed by atoms with van der Waals surface area (Å²) in [6, 6.07) is 9.26. The molecule has 5 nitrogen and oxygen atoms in total. The number of nitrogens with one attached hydrogen (secondary N) is 1. The van der Waals surface area contributed by atoms with Gasteiger partial charge in [-0.2, -0.15) is 11.8 Å². The molecular weight excluding hydrogens is 633 g/mol. The lowest BCUT2D eigenvalue weighted by Crippen LogP contribution is -2.28. The third kappa shape index (κ3) is 5.61. The zero-order valence-electron chi connectivity index (χ0n) is 19.2. The summed E-state index contributed by atoms with van der Waals surface area (Å²) < 4.78 is 43.9. The second kappa shape index (κ2) is 11.0. The first-order valence-corrected chi connectivity index (χ1v) is 16.0. The zero-order chi connectivity index (χ0) is 27.2. The van der Waals surface area contributed by atoms with Gasteiger partial charge in [-0.3, -0.25) is 4.79 Å². The Morgan fingerprint density at radius 3 is 2.61 bits per heavy atom. The summed E-state index contributed by atoms with van der Waals surface area (Å²) >= 11 is 26.8. The van der Waals surface area contributed by atoms with Crippen LogP contribution in [0.4, 0.5) is 4.39 Å². The monoisotopic (exact) mass is 648 g/mol. The molecule has 1 N–H and O–H groups in total. The number of hydrogen-bond donors (Lipinski definition) is 1. The van der Waals surface area contributed by atoms with Gasteiger partial charge in [0.2, 0.25) is 0 Å². The minimum Gasteiger partial charge on any atom is -0.339 e. The molecule has 0 unspecified atom stereocenters. The van der Waals surface area contributed by atoms with Crippen LogP contribution in [-0.2, 0) is 33.5 Å². The standard InChI is InChI=1S/C25H17Cl4FN2O3S3/c26-15-3-1-14(19(27)8-15)11-32-21-5-6-36-12-18(21)17-9-16(30)7-13(24(17)32)2-4-22(33)31-38(34,35)23-10-20(28)25(29)37-23/h1-4,7-10H,5-6,11-12H2,(H,31,33)/b4-2+. The van der Waals surface area contributed by atoms with Gasteiger partial charge in [-0.25, -0.2) is 17.5 Å². The number of thiophene rings is 1. The lowest BCUT2D eigenvalue weighted by atomic mass is 10.1. The van der Waals surface area contributed by atoms with E-state index in [2.05, 4.69) is 4.57 Å². The van der Waals surface area contributed by atoms with Crippen LogP contribution < -0.4 is 4.72 Å². The molecule has 2 aromatic carbocycles. The summed E-state index contributed by atoms with van der Waals surface area (Å²) in [4.78, 5) is 12.6. The summed E-state index contributed by atoms with van der Waals surface area (Å²) in [5.74, 6) is 0.280. The van der Waals surface area contributed by atoms with Gasteiger partial charge in [-0.05, 0) is 59.7 Å². The quantitative estimate of drug-likeness (QED) is 0.216. The van der Waals surface area contributed by atoms with Crippen molar-refractivity contribution in [3.63, 3.8) is 0 Å². The van der Waals surface area contributed by atoms with Gasteiger partial charge in [0.1, 0.15) is 14.4 Å². The largest absolute Gasteiger partial charge is 0.339 e. The van der Waals surface area contributed by atoms with Crippen LogP contribution in [0.2, 0.25) is 19.4 Å². The highest BCUT2D eigenvalue weighted by atomic mass is 35.5. The van der Waals surface area contributed by atoms with Crippen molar-refractivity contribution in [2.24, 2.45) is 0 Å². The van der Waals surface area contributed by atoms with Crippen molar-refractivity contribution in [3.05, 3.63) is 90.1 Å². The molecule has 0 bridgehead atoms. The van der Waals surface area contributed by atoms with Crippen LogP contribution in [0.15, 0.2) is 46.7 Å². The van der Waals surface area contributed by atoms with Crippen molar-refractivity contribution in [3.8, 4) is 0 Å². The molecule has 2 aromatic heterocycles. The van der Waals surface area contributed by atoms with E-state index in [9.17, 15) is 17.6 Å². The fraction of sp³-hybridized carbons (Fsp3) is 0.160. The summed E-state index contributed by atoms with van der Waals surface area (Å²) in [6.45, 7) is 0.416. The van der Waals surface area contributed by atoms with Crippen LogP contribution in [0.1, 0.15) is 22.4 Å². The molecule has 0 radical (unpaired) electrons. The third-order valence-corrected chi connectivity index (χ3v) is 11.2. The van der Waals surface area contributed by atoms with E-state index in [1.165, 1.54) is 24.3 Å². The molecule has 1 aliphatic rings. The van der Waals surface area contributed by atoms with Crippen LogP contribution >= 0.6 is 69.5 Å². The van der Waals surface area contributed by atoms with E-state index in [1.807, 2.05) is 10.8 Å². The normalized spacial score (nSPS) is 13.8. The molecule has 5 rings (SSSR count). The second-order valence-electron chi connectivity index (χ2n) is 8.43. The lowest BCUT2D eigenvalue weighted by Gasteiger charge is -2.17. The SMILES string of the molecule is O=C(/C=C/c1cc(F)cc2c3c(n(Cc4ccc(Cl)cc4Cl)c12)CCSC3)NS(=O)(=O)c1cc(Cl)c(Cl)s1. The minimum absolute atomic E-state index is 0.0749. The molecule has 0 fully saturated rings. The fourth-order valence-electron chi connectivity index (χ4n) is 4.36. The zero-order valence-corrected chi connectivity index (χ0v) is 24.7. The first-order chi connectivity index (χ1) is 18.0.